The van der Waals surface area contributed by atoms with Crippen LogP contribution in [0.25, 0.3) is 0 Å². The van der Waals surface area contributed by atoms with E-state index in [0.717, 1.165) is 24.2 Å². The number of hydrogen-bond acceptors (Lipinski definition) is 4. The number of nitrogens with one attached hydrogen (secondary N) is 1. The van der Waals surface area contributed by atoms with Crippen LogP contribution < -0.4 is 10.1 Å². The first-order valence-corrected chi connectivity index (χ1v) is 5.41. The molecule has 0 saturated heterocycles. The molecule has 0 bridgehead atoms. The molecule has 1 aromatic carbocycles. The van der Waals surface area contributed by atoms with Crippen molar-refractivity contribution in [3.8, 4) is 11.5 Å². The van der Waals surface area contributed by atoms with E-state index in [1.165, 1.54) is 0 Å². The molecule has 0 aromatic heterocycles. The summed E-state index contributed by atoms with van der Waals surface area (Å²) in [5, 5.41) is 22.1. The Morgan fingerprint density at radius 2 is 2.19 bits per heavy atom. The minimum Gasteiger partial charge on any atom is -0.508 e. The van der Waals surface area contributed by atoms with Crippen molar-refractivity contribution >= 4 is 0 Å². The molecule has 16 heavy (non-hydrogen) atoms. The average molecular weight is 223 g/mol. The van der Waals surface area contributed by atoms with Gasteiger partial charge in [0.1, 0.15) is 11.5 Å². The Morgan fingerprint density at radius 3 is 2.75 bits per heavy atom. The number of rotatable bonds is 5. The van der Waals surface area contributed by atoms with Gasteiger partial charge in [-0.15, -0.1) is 0 Å². The molecule has 0 radical (unpaired) electrons. The lowest BCUT2D eigenvalue weighted by molar-refractivity contribution is 0.229. The van der Waals surface area contributed by atoms with Crippen molar-refractivity contribution in [2.45, 2.75) is 24.9 Å². The fourth-order valence-corrected chi connectivity index (χ4v) is 1.65. The highest BCUT2D eigenvalue weighted by Gasteiger charge is 2.41. The molecule has 0 amide bonds. The van der Waals surface area contributed by atoms with Gasteiger partial charge in [-0.25, -0.2) is 0 Å². The lowest BCUT2D eigenvalue weighted by Crippen LogP contribution is -2.34. The number of aliphatic hydroxyl groups excluding tert-OH is 1. The number of methoxy groups -OCH3 is 1. The van der Waals surface area contributed by atoms with Crippen LogP contribution in [0, 0.1) is 0 Å². The molecule has 4 heteroatoms. The molecule has 1 aromatic rings. The van der Waals surface area contributed by atoms with Crippen LogP contribution in [-0.2, 0) is 6.54 Å². The highest BCUT2D eigenvalue weighted by atomic mass is 16.5. The van der Waals surface area contributed by atoms with Crippen molar-refractivity contribution in [1.82, 2.24) is 5.32 Å². The molecule has 2 rings (SSSR count). The third-order valence-corrected chi connectivity index (χ3v) is 3.10. The van der Waals surface area contributed by atoms with Crippen molar-refractivity contribution in [3.05, 3.63) is 23.8 Å². The second kappa shape index (κ2) is 4.31. The number of benzene rings is 1. The molecule has 0 spiro atoms. The summed E-state index contributed by atoms with van der Waals surface area (Å²) in [7, 11) is 1.60. The van der Waals surface area contributed by atoms with Gasteiger partial charge in [0.2, 0.25) is 0 Å². The number of aliphatic hydroxyl groups is 1. The van der Waals surface area contributed by atoms with E-state index >= 15 is 0 Å². The van der Waals surface area contributed by atoms with E-state index in [9.17, 15) is 5.11 Å². The largest absolute Gasteiger partial charge is 0.508 e. The monoisotopic (exact) mass is 223 g/mol. The number of phenolic OH excluding ortho intramolecular Hbond substituents is 1. The first-order chi connectivity index (χ1) is 7.69. The van der Waals surface area contributed by atoms with Crippen LogP contribution in [0.5, 0.6) is 11.5 Å². The number of ether oxygens (including phenoxy) is 1. The van der Waals surface area contributed by atoms with Crippen molar-refractivity contribution in [2.75, 3.05) is 13.7 Å². The summed E-state index contributed by atoms with van der Waals surface area (Å²) in [5.41, 5.74) is 0.675. The summed E-state index contributed by atoms with van der Waals surface area (Å²) < 4.78 is 5.10. The first-order valence-electron chi connectivity index (χ1n) is 5.41. The van der Waals surface area contributed by atoms with Crippen LogP contribution in [0.15, 0.2) is 18.2 Å². The molecule has 0 unspecified atom stereocenters. The van der Waals surface area contributed by atoms with Crippen LogP contribution in [0.4, 0.5) is 0 Å². The Kier molecular flexibility index (Phi) is 3.03. The maximum Gasteiger partial charge on any atom is 0.120 e. The van der Waals surface area contributed by atoms with Gasteiger partial charge >= 0.3 is 0 Å². The fourth-order valence-electron chi connectivity index (χ4n) is 1.65. The predicted octanol–water partition coefficient (Wildman–Crippen LogP) is 1.02. The number of aromatic hydroxyl groups is 1. The lowest BCUT2D eigenvalue weighted by Gasteiger charge is -2.15. The molecule has 0 heterocycles. The zero-order chi connectivity index (χ0) is 11.6. The molecule has 1 saturated carbocycles. The Balaban J connectivity index is 2.03. The zero-order valence-electron chi connectivity index (χ0n) is 9.36. The molecular weight excluding hydrogens is 206 g/mol. The molecule has 0 aliphatic heterocycles. The molecule has 88 valence electrons. The topological polar surface area (TPSA) is 61.7 Å². The Hall–Kier alpha value is -1.26. The van der Waals surface area contributed by atoms with E-state index in [1.54, 1.807) is 25.3 Å². The lowest BCUT2D eigenvalue weighted by atomic mass is 10.1. The standard InChI is InChI=1S/C12H17NO3/c1-16-10-2-3-11(15)9(6-10)7-13-12(8-14)4-5-12/h2-3,6,13-15H,4-5,7-8H2,1H3. The van der Waals surface area contributed by atoms with Gasteiger partial charge in [-0.3, -0.25) is 0 Å². The molecular formula is C12H17NO3. The maximum atomic E-state index is 9.66. The van der Waals surface area contributed by atoms with Gasteiger partial charge in [-0.2, -0.15) is 0 Å². The average Bonchev–Trinajstić information content (AvgIpc) is 3.09. The third-order valence-electron chi connectivity index (χ3n) is 3.10. The van der Waals surface area contributed by atoms with Gasteiger partial charge in [0.05, 0.1) is 13.7 Å². The SMILES string of the molecule is COc1ccc(O)c(CNC2(CO)CC2)c1. The highest BCUT2D eigenvalue weighted by molar-refractivity contribution is 5.39. The summed E-state index contributed by atoms with van der Waals surface area (Å²) in [4.78, 5) is 0. The van der Waals surface area contributed by atoms with Gasteiger partial charge in [0.15, 0.2) is 0 Å². The van der Waals surface area contributed by atoms with Gasteiger partial charge in [0.25, 0.3) is 0 Å². The number of phenols is 1. The van der Waals surface area contributed by atoms with Gasteiger partial charge in [-0.05, 0) is 31.0 Å². The van der Waals surface area contributed by atoms with Gasteiger partial charge in [-0.1, -0.05) is 0 Å². The summed E-state index contributed by atoms with van der Waals surface area (Å²) in [6.45, 7) is 0.696. The molecule has 1 fully saturated rings. The van der Waals surface area contributed by atoms with Crippen LogP contribution in [0.1, 0.15) is 18.4 Å². The fraction of sp³-hybridized carbons (Fsp3) is 0.500. The minimum absolute atomic E-state index is 0.116. The van der Waals surface area contributed by atoms with E-state index < -0.39 is 0 Å². The van der Waals surface area contributed by atoms with E-state index in [4.69, 9.17) is 9.84 Å². The Bertz CT molecular complexity index is 375. The number of hydrogen-bond donors (Lipinski definition) is 3. The molecule has 3 N–H and O–H groups in total. The second-order valence-electron chi connectivity index (χ2n) is 4.29. The Morgan fingerprint density at radius 1 is 1.44 bits per heavy atom. The van der Waals surface area contributed by atoms with Crippen LogP contribution >= 0.6 is 0 Å². The molecule has 1 aliphatic rings. The van der Waals surface area contributed by atoms with Crippen molar-refractivity contribution in [1.29, 1.82) is 0 Å². The summed E-state index contributed by atoms with van der Waals surface area (Å²) in [6, 6.07) is 5.14. The minimum atomic E-state index is -0.116. The van der Waals surface area contributed by atoms with Crippen molar-refractivity contribution in [2.24, 2.45) is 0 Å². The zero-order valence-corrected chi connectivity index (χ0v) is 9.36. The summed E-state index contributed by atoms with van der Waals surface area (Å²) in [6.07, 6.45) is 1.99. The normalized spacial score (nSPS) is 17.1. The smallest absolute Gasteiger partial charge is 0.120 e. The molecule has 1 aliphatic carbocycles. The van der Waals surface area contributed by atoms with E-state index in [1.807, 2.05) is 0 Å². The van der Waals surface area contributed by atoms with Crippen LogP contribution in [0.2, 0.25) is 0 Å². The first kappa shape index (κ1) is 11.2. The second-order valence-corrected chi connectivity index (χ2v) is 4.29. The quantitative estimate of drug-likeness (QED) is 0.697. The summed E-state index contributed by atoms with van der Waals surface area (Å²) in [5.74, 6) is 0.977. The highest BCUT2D eigenvalue weighted by Crippen LogP contribution is 2.35. The van der Waals surface area contributed by atoms with Crippen LogP contribution in [-0.4, -0.2) is 29.5 Å². The van der Waals surface area contributed by atoms with Crippen molar-refractivity contribution in [3.63, 3.8) is 0 Å². The Labute approximate surface area is 94.9 Å². The van der Waals surface area contributed by atoms with Crippen molar-refractivity contribution < 1.29 is 14.9 Å². The van der Waals surface area contributed by atoms with E-state index in [0.29, 0.717) is 6.54 Å². The van der Waals surface area contributed by atoms with E-state index in [2.05, 4.69) is 5.32 Å². The predicted molar refractivity (Wildman–Crippen MR) is 60.5 cm³/mol. The van der Waals surface area contributed by atoms with Gasteiger partial charge in [0, 0.05) is 17.6 Å². The molecule has 4 nitrogen and oxygen atoms in total. The molecule has 0 atom stereocenters. The van der Waals surface area contributed by atoms with E-state index in [-0.39, 0.29) is 17.9 Å². The summed E-state index contributed by atoms with van der Waals surface area (Å²) >= 11 is 0. The maximum absolute atomic E-state index is 9.66. The van der Waals surface area contributed by atoms with Crippen LogP contribution in [0.3, 0.4) is 0 Å². The van der Waals surface area contributed by atoms with Gasteiger partial charge < -0.3 is 20.3 Å². The third kappa shape index (κ3) is 2.28.